The molecule has 0 radical (unpaired) electrons. The second-order valence-electron chi connectivity index (χ2n) is 4.54. The van der Waals surface area contributed by atoms with E-state index in [1.807, 2.05) is 48.7 Å². The number of hydrogen-bond donors (Lipinski definition) is 0. The molecule has 0 N–H and O–H groups in total. The van der Waals surface area contributed by atoms with Crippen LogP contribution in [0.3, 0.4) is 0 Å². The van der Waals surface area contributed by atoms with Crippen LogP contribution < -0.4 is 4.59 Å². The van der Waals surface area contributed by atoms with Crippen molar-refractivity contribution in [3.8, 4) is 0 Å². The molecule has 1 heterocycles. The normalized spacial score (nSPS) is 15.0. The molecule has 23 heavy (non-hydrogen) atoms. The molecular weight excluding hydrogens is 316 g/mol. The Kier molecular flexibility index (Phi) is 5.41. The molecule has 0 aromatic heterocycles. The van der Waals surface area contributed by atoms with Crippen LogP contribution in [-0.2, 0) is 14.6 Å². The molecule has 2 aromatic rings. The summed E-state index contributed by atoms with van der Waals surface area (Å²) in [4.78, 5) is 0. The van der Waals surface area contributed by atoms with Crippen LogP contribution >= 0.6 is 0 Å². The van der Waals surface area contributed by atoms with E-state index in [1.165, 1.54) is 0 Å². The van der Waals surface area contributed by atoms with Crippen molar-refractivity contribution in [2.24, 2.45) is 5.10 Å². The van der Waals surface area contributed by atoms with E-state index in [4.69, 9.17) is 0 Å². The first-order valence-corrected chi connectivity index (χ1v) is 8.06. The monoisotopic (exact) mass is 332 g/mol. The van der Waals surface area contributed by atoms with Gasteiger partial charge in [0.05, 0.1) is 13.3 Å². The molecule has 0 amide bonds. The molecule has 7 heteroatoms. The first-order valence-electron chi connectivity index (χ1n) is 6.73. The minimum atomic E-state index is -4.41. The van der Waals surface area contributed by atoms with Gasteiger partial charge in [-0.1, -0.05) is 41.5 Å². The van der Waals surface area contributed by atoms with E-state index >= 15 is 0 Å². The summed E-state index contributed by atoms with van der Waals surface area (Å²) in [6.45, 7) is 0. The summed E-state index contributed by atoms with van der Waals surface area (Å²) in [5.41, 5.74) is 2.28. The van der Waals surface area contributed by atoms with E-state index in [0.29, 0.717) is 4.59 Å². The Morgan fingerprint density at radius 2 is 1.39 bits per heavy atom. The fourth-order valence-corrected chi connectivity index (χ4v) is 2.11. The summed E-state index contributed by atoms with van der Waals surface area (Å²) in [7, 11) is -3.60. The molecule has 0 bridgehead atoms. The molecule has 1 aliphatic heterocycles. The Hall–Kier alpha value is -2.32. The van der Waals surface area contributed by atoms with Crippen LogP contribution in [0.15, 0.2) is 78.0 Å². The largest absolute Gasteiger partial charge is 0.726 e. The standard InChI is InChI=1S/C15H13N2.CH4O4S/c1-3-8-14(9-4-1)17(13-7-12-16-17)15-10-5-2-6-11-15;1-5-6(2,3)4/h1-13H;1H3,(H,2,3,4)/q+1;/p-1. The van der Waals surface area contributed by atoms with E-state index in [-0.39, 0.29) is 0 Å². The van der Waals surface area contributed by atoms with Gasteiger partial charge in [0, 0.05) is 30.3 Å². The summed E-state index contributed by atoms with van der Waals surface area (Å²) in [6.07, 6.45) is 5.92. The average Bonchev–Trinajstić information content (AvgIpc) is 3.07. The van der Waals surface area contributed by atoms with E-state index in [0.717, 1.165) is 18.5 Å². The van der Waals surface area contributed by atoms with Crippen molar-refractivity contribution in [2.45, 2.75) is 0 Å². The molecule has 0 spiro atoms. The number of rotatable bonds is 3. The van der Waals surface area contributed by atoms with Crippen LogP contribution in [0.4, 0.5) is 11.4 Å². The van der Waals surface area contributed by atoms with Gasteiger partial charge in [-0.15, -0.1) is 4.59 Å². The lowest BCUT2D eigenvalue weighted by molar-refractivity contribution is 0.314. The van der Waals surface area contributed by atoms with Crippen molar-refractivity contribution >= 4 is 28.0 Å². The number of quaternary nitrogens is 1. The van der Waals surface area contributed by atoms with E-state index in [1.54, 1.807) is 0 Å². The molecule has 6 nitrogen and oxygen atoms in total. The smallest absolute Gasteiger partial charge is 0.217 e. The minimum absolute atomic E-state index is 0.418. The average molecular weight is 332 g/mol. The van der Waals surface area contributed by atoms with Crippen molar-refractivity contribution in [1.29, 1.82) is 0 Å². The van der Waals surface area contributed by atoms with E-state index < -0.39 is 10.4 Å². The van der Waals surface area contributed by atoms with Crippen molar-refractivity contribution in [2.75, 3.05) is 7.11 Å². The fraction of sp³-hybridized carbons (Fsp3) is 0.0625. The predicted octanol–water partition coefficient (Wildman–Crippen LogP) is 2.93. The molecule has 0 aliphatic carbocycles. The van der Waals surface area contributed by atoms with Gasteiger partial charge in [0.2, 0.25) is 10.4 Å². The summed E-state index contributed by atoms with van der Waals surface area (Å²) in [5, 5.41) is 4.61. The molecular formula is C16H16N2O4S. The van der Waals surface area contributed by atoms with Gasteiger partial charge in [-0.25, -0.2) is 8.42 Å². The van der Waals surface area contributed by atoms with Gasteiger partial charge in [0.25, 0.3) is 0 Å². The molecule has 120 valence electrons. The van der Waals surface area contributed by atoms with E-state index in [9.17, 15) is 13.0 Å². The molecule has 2 aromatic carbocycles. The highest BCUT2D eigenvalue weighted by Gasteiger charge is 2.33. The Bertz CT molecular complexity index is 734. The van der Waals surface area contributed by atoms with Crippen molar-refractivity contribution in [3.63, 3.8) is 0 Å². The summed E-state index contributed by atoms with van der Waals surface area (Å²) >= 11 is 0. The topological polar surface area (TPSA) is 78.8 Å². The molecule has 1 aliphatic rings. The second kappa shape index (κ2) is 7.30. The molecule has 0 atom stereocenters. The molecule has 0 fully saturated rings. The first kappa shape index (κ1) is 17.0. The zero-order chi connectivity index (χ0) is 16.8. The van der Waals surface area contributed by atoms with Crippen LogP contribution in [0.1, 0.15) is 0 Å². The van der Waals surface area contributed by atoms with Gasteiger partial charge < -0.3 is 4.55 Å². The lowest BCUT2D eigenvalue weighted by atomic mass is 10.2. The Morgan fingerprint density at radius 3 is 1.70 bits per heavy atom. The third-order valence-corrected chi connectivity index (χ3v) is 3.55. The highest BCUT2D eigenvalue weighted by Crippen LogP contribution is 2.37. The van der Waals surface area contributed by atoms with Crippen LogP contribution in [0.5, 0.6) is 0 Å². The van der Waals surface area contributed by atoms with Gasteiger partial charge in [-0.3, -0.25) is 4.18 Å². The third kappa shape index (κ3) is 4.33. The van der Waals surface area contributed by atoms with Crippen LogP contribution in [0, 0.1) is 0 Å². The summed E-state index contributed by atoms with van der Waals surface area (Å²) in [6, 6.07) is 20.6. The maximum absolute atomic E-state index is 9.22. The van der Waals surface area contributed by atoms with Gasteiger partial charge in [-0.05, 0) is 0 Å². The third-order valence-electron chi connectivity index (χ3n) is 3.14. The highest BCUT2D eigenvalue weighted by molar-refractivity contribution is 7.80. The lowest BCUT2D eigenvalue weighted by Crippen LogP contribution is -2.29. The van der Waals surface area contributed by atoms with Crippen LogP contribution in [0.2, 0.25) is 0 Å². The van der Waals surface area contributed by atoms with Gasteiger partial charge in [-0.2, -0.15) is 0 Å². The Balaban J connectivity index is 0.000000277. The van der Waals surface area contributed by atoms with Crippen molar-refractivity contribution in [1.82, 2.24) is 4.59 Å². The quantitative estimate of drug-likeness (QED) is 0.492. The number of para-hydroxylation sites is 2. The number of benzene rings is 2. The van der Waals surface area contributed by atoms with Gasteiger partial charge in [0.15, 0.2) is 11.4 Å². The van der Waals surface area contributed by atoms with Crippen molar-refractivity contribution in [3.05, 3.63) is 72.9 Å². The highest BCUT2D eigenvalue weighted by atomic mass is 32.3. The Morgan fingerprint density at radius 1 is 0.957 bits per heavy atom. The SMILES string of the molecule is C1=C[N+](c2ccccc2)(c2ccccc2)N=C1.COS(=O)(=O)[O-]. The maximum Gasteiger partial charge on any atom is 0.217 e. The minimum Gasteiger partial charge on any atom is -0.726 e. The zero-order valence-corrected chi connectivity index (χ0v) is 13.3. The molecule has 0 saturated carbocycles. The van der Waals surface area contributed by atoms with Gasteiger partial charge in [0.1, 0.15) is 6.20 Å². The zero-order valence-electron chi connectivity index (χ0n) is 12.4. The molecule has 0 unspecified atom stereocenters. The number of hydrogen-bond acceptors (Lipinski definition) is 5. The summed E-state index contributed by atoms with van der Waals surface area (Å²) in [5.74, 6) is 0. The Labute approximate surface area is 135 Å². The maximum atomic E-state index is 9.22. The first-order chi connectivity index (χ1) is 11.0. The predicted molar refractivity (Wildman–Crippen MR) is 88.7 cm³/mol. The number of allylic oxidation sites excluding steroid dienone is 1. The van der Waals surface area contributed by atoms with Crippen LogP contribution in [0.25, 0.3) is 0 Å². The van der Waals surface area contributed by atoms with Gasteiger partial charge >= 0.3 is 0 Å². The second-order valence-corrected chi connectivity index (χ2v) is 5.69. The van der Waals surface area contributed by atoms with Crippen LogP contribution in [-0.4, -0.2) is 26.3 Å². The summed E-state index contributed by atoms with van der Waals surface area (Å²) < 4.78 is 31.4. The number of nitrogens with zero attached hydrogens (tertiary/aromatic N) is 2. The molecule has 0 saturated heterocycles. The fourth-order valence-electron chi connectivity index (χ4n) is 2.11. The van der Waals surface area contributed by atoms with E-state index in [2.05, 4.69) is 39.7 Å². The lowest BCUT2D eigenvalue weighted by Gasteiger charge is -2.24. The molecule has 3 rings (SSSR count). The van der Waals surface area contributed by atoms with Crippen molar-refractivity contribution < 1.29 is 17.2 Å².